The van der Waals surface area contributed by atoms with Crippen LogP contribution in [0.3, 0.4) is 0 Å². The Balaban J connectivity index is 1.26. The molecule has 0 aliphatic carbocycles. The van der Waals surface area contributed by atoms with E-state index in [2.05, 4.69) is 102 Å². The van der Waals surface area contributed by atoms with Gasteiger partial charge >= 0.3 is 0 Å². The van der Waals surface area contributed by atoms with Crippen LogP contribution in [0, 0.1) is 0 Å². The molecule has 0 N–H and O–H groups in total. The predicted octanol–water partition coefficient (Wildman–Crippen LogP) is 7.22. The molecule has 0 aliphatic heterocycles. The summed E-state index contributed by atoms with van der Waals surface area (Å²) in [5.41, 5.74) is 3.39. The summed E-state index contributed by atoms with van der Waals surface area (Å²) in [4.78, 5) is 4.85. The van der Waals surface area contributed by atoms with Crippen LogP contribution in [0.1, 0.15) is 24.2 Å². The third kappa shape index (κ3) is 4.42. The molecule has 158 valence electrons. The Bertz CT molecular complexity index is 1350. The van der Waals surface area contributed by atoms with Gasteiger partial charge < -0.3 is 9.30 Å². The summed E-state index contributed by atoms with van der Waals surface area (Å²) in [6, 6.07) is 33.3. The average Bonchev–Trinajstić information content (AvgIpc) is 3.21. The Morgan fingerprint density at radius 3 is 2.44 bits per heavy atom. The van der Waals surface area contributed by atoms with Gasteiger partial charge in [-0.25, -0.2) is 4.98 Å². The zero-order chi connectivity index (χ0) is 21.6. The molecule has 0 bridgehead atoms. The Morgan fingerprint density at radius 2 is 1.50 bits per heavy atom. The van der Waals surface area contributed by atoms with E-state index in [1.54, 1.807) is 0 Å². The summed E-state index contributed by atoms with van der Waals surface area (Å²) in [6.07, 6.45) is 6.25. The number of hydrogen-bond acceptors (Lipinski definition) is 2. The number of ether oxygens (including phenoxy) is 1. The average molecular weight is 419 g/mol. The summed E-state index contributed by atoms with van der Waals surface area (Å²) < 4.78 is 8.44. The first-order chi connectivity index (χ1) is 15.9. The number of unbranched alkanes of at least 4 members (excludes halogenated alkanes) is 1. The molecule has 3 heteroatoms. The lowest BCUT2D eigenvalue weighted by Gasteiger charge is -2.10. The molecular weight excluding hydrogens is 392 g/mol. The second-order valence-corrected chi connectivity index (χ2v) is 7.89. The summed E-state index contributed by atoms with van der Waals surface area (Å²) in [6.45, 7) is 1.61. The smallest absolute Gasteiger partial charge is 0.133 e. The third-order valence-corrected chi connectivity index (χ3v) is 5.69. The van der Waals surface area contributed by atoms with Crippen LogP contribution in [-0.4, -0.2) is 16.2 Å². The maximum atomic E-state index is 6.12. The summed E-state index contributed by atoms with van der Waals surface area (Å²) in [5.74, 6) is 1.95. The molecule has 5 rings (SSSR count). The van der Waals surface area contributed by atoms with Gasteiger partial charge in [-0.15, -0.1) is 0 Å². The molecule has 0 saturated heterocycles. The molecule has 0 saturated carbocycles. The van der Waals surface area contributed by atoms with Crippen molar-refractivity contribution in [3.8, 4) is 5.75 Å². The van der Waals surface area contributed by atoms with Crippen molar-refractivity contribution in [2.45, 2.75) is 19.4 Å². The molecule has 0 atom stereocenters. The standard InChI is InChI=1S/C29H26N2O/c1-2-11-23(12-3-1)19-20-29-30-26-16-6-7-17-27(26)31(29)21-8-9-22-32-28-18-10-14-24-13-4-5-15-25(24)28/h1-7,10-20H,8-9,21-22H2/b20-19+. The van der Waals surface area contributed by atoms with Crippen LogP contribution in [0.15, 0.2) is 97.1 Å². The fourth-order valence-corrected chi connectivity index (χ4v) is 4.07. The van der Waals surface area contributed by atoms with Crippen molar-refractivity contribution in [2.75, 3.05) is 6.61 Å². The van der Waals surface area contributed by atoms with Crippen LogP contribution >= 0.6 is 0 Å². The van der Waals surface area contributed by atoms with Crippen molar-refractivity contribution < 1.29 is 4.74 Å². The number of aryl methyl sites for hydroxylation is 1. The van der Waals surface area contributed by atoms with Crippen LogP contribution in [-0.2, 0) is 6.54 Å². The topological polar surface area (TPSA) is 27.1 Å². The number of fused-ring (bicyclic) bond motifs is 2. The fraction of sp³-hybridized carbons (Fsp3) is 0.138. The van der Waals surface area contributed by atoms with Crippen molar-refractivity contribution in [1.82, 2.24) is 9.55 Å². The minimum atomic E-state index is 0.704. The largest absolute Gasteiger partial charge is 0.493 e. The number of benzene rings is 4. The van der Waals surface area contributed by atoms with Gasteiger partial charge in [0.05, 0.1) is 17.6 Å². The molecule has 32 heavy (non-hydrogen) atoms. The highest BCUT2D eigenvalue weighted by Gasteiger charge is 2.08. The Kier molecular flexibility index (Phi) is 5.98. The summed E-state index contributed by atoms with van der Waals surface area (Å²) in [7, 11) is 0. The van der Waals surface area contributed by atoms with Crippen LogP contribution < -0.4 is 4.74 Å². The minimum absolute atomic E-state index is 0.704. The molecule has 0 unspecified atom stereocenters. The molecule has 0 aliphatic rings. The van der Waals surface area contributed by atoms with Crippen LogP contribution in [0.2, 0.25) is 0 Å². The van der Waals surface area contributed by atoms with Gasteiger partial charge in [0, 0.05) is 11.9 Å². The SMILES string of the molecule is C(=C\c1nc2ccccc2n1CCCCOc1cccc2ccccc12)/c1ccccc1. The molecule has 0 spiro atoms. The van der Waals surface area contributed by atoms with Crippen molar-refractivity contribution in [3.63, 3.8) is 0 Å². The van der Waals surface area contributed by atoms with Crippen LogP contribution in [0.4, 0.5) is 0 Å². The minimum Gasteiger partial charge on any atom is -0.493 e. The maximum Gasteiger partial charge on any atom is 0.133 e. The maximum absolute atomic E-state index is 6.12. The van der Waals surface area contributed by atoms with Crippen molar-refractivity contribution in [3.05, 3.63) is 108 Å². The van der Waals surface area contributed by atoms with Gasteiger partial charge in [-0.2, -0.15) is 0 Å². The number of para-hydroxylation sites is 2. The van der Waals surface area contributed by atoms with Crippen LogP contribution in [0.25, 0.3) is 34.0 Å². The highest BCUT2D eigenvalue weighted by atomic mass is 16.5. The van der Waals surface area contributed by atoms with Gasteiger partial charge in [-0.3, -0.25) is 0 Å². The summed E-state index contributed by atoms with van der Waals surface area (Å²) >= 11 is 0. The lowest BCUT2D eigenvalue weighted by atomic mass is 10.1. The normalized spacial score (nSPS) is 11.5. The Labute approximate surface area is 188 Å². The van der Waals surface area contributed by atoms with Gasteiger partial charge in [0.1, 0.15) is 11.6 Å². The number of rotatable bonds is 8. The van der Waals surface area contributed by atoms with E-state index in [-0.39, 0.29) is 0 Å². The molecule has 1 aromatic heterocycles. The van der Waals surface area contributed by atoms with E-state index >= 15 is 0 Å². The van der Waals surface area contributed by atoms with Crippen molar-refractivity contribution in [2.24, 2.45) is 0 Å². The van der Waals surface area contributed by atoms with E-state index in [4.69, 9.17) is 9.72 Å². The van der Waals surface area contributed by atoms with Gasteiger partial charge in [0.2, 0.25) is 0 Å². The number of hydrogen-bond donors (Lipinski definition) is 0. The fourth-order valence-electron chi connectivity index (χ4n) is 4.07. The first-order valence-electron chi connectivity index (χ1n) is 11.2. The van der Waals surface area contributed by atoms with E-state index in [1.807, 2.05) is 12.1 Å². The monoisotopic (exact) mass is 418 g/mol. The second kappa shape index (κ2) is 9.52. The van der Waals surface area contributed by atoms with Crippen molar-refractivity contribution in [1.29, 1.82) is 0 Å². The third-order valence-electron chi connectivity index (χ3n) is 5.69. The zero-order valence-electron chi connectivity index (χ0n) is 18.0. The van der Waals surface area contributed by atoms with Crippen molar-refractivity contribution >= 4 is 34.0 Å². The first-order valence-corrected chi connectivity index (χ1v) is 11.2. The van der Waals surface area contributed by atoms with Gasteiger partial charge in [0.15, 0.2) is 0 Å². The molecule has 5 aromatic rings. The molecule has 0 radical (unpaired) electrons. The molecular formula is C29H26N2O. The van der Waals surface area contributed by atoms with Gasteiger partial charge in [0.25, 0.3) is 0 Å². The van der Waals surface area contributed by atoms with E-state index in [0.29, 0.717) is 6.61 Å². The van der Waals surface area contributed by atoms with Crippen LogP contribution in [0.5, 0.6) is 5.75 Å². The van der Waals surface area contributed by atoms with E-state index in [1.165, 1.54) is 21.9 Å². The lowest BCUT2D eigenvalue weighted by molar-refractivity contribution is 0.307. The first kappa shape index (κ1) is 20.1. The quantitative estimate of drug-likeness (QED) is 0.249. The highest BCUT2D eigenvalue weighted by molar-refractivity contribution is 5.88. The van der Waals surface area contributed by atoms with Gasteiger partial charge in [-0.05, 0) is 48.1 Å². The molecule has 1 heterocycles. The molecule has 0 amide bonds. The van der Waals surface area contributed by atoms with E-state index < -0.39 is 0 Å². The highest BCUT2D eigenvalue weighted by Crippen LogP contribution is 2.25. The second-order valence-electron chi connectivity index (χ2n) is 7.89. The summed E-state index contributed by atoms with van der Waals surface area (Å²) in [5, 5.41) is 2.38. The number of nitrogens with zero attached hydrogens (tertiary/aromatic N) is 2. The molecule has 4 aromatic carbocycles. The Hall–Kier alpha value is -3.85. The van der Waals surface area contributed by atoms with E-state index in [9.17, 15) is 0 Å². The van der Waals surface area contributed by atoms with Gasteiger partial charge in [-0.1, -0.05) is 84.9 Å². The predicted molar refractivity (Wildman–Crippen MR) is 134 cm³/mol. The Morgan fingerprint density at radius 1 is 0.719 bits per heavy atom. The van der Waals surface area contributed by atoms with E-state index in [0.717, 1.165) is 36.5 Å². The lowest BCUT2D eigenvalue weighted by Crippen LogP contribution is -2.04. The number of aromatic nitrogens is 2. The molecule has 3 nitrogen and oxygen atoms in total. The zero-order valence-corrected chi connectivity index (χ0v) is 18.0. The number of imidazole rings is 1. The molecule has 0 fully saturated rings.